The minimum atomic E-state index is -1.08. The van der Waals surface area contributed by atoms with Crippen LogP contribution in [0, 0.1) is 5.92 Å². The summed E-state index contributed by atoms with van der Waals surface area (Å²) in [6, 6.07) is -1.53. The first kappa shape index (κ1) is 18.2. The number of primary amides is 1. The predicted molar refractivity (Wildman–Crippen MR) is 75.1 cm³/mol. The van der Waals surface area contributed by atoms with Crippen molar-refractivity contribution in [2.45, 2.75) is 46.1 Å². The lowest BCUT2D eigenvalue weighted by atomic mass is 9.99. The fourth-order valence-electron chi connectivity index (χ4n) is 1.70. The summed E-state index contributed by atoms with van der Waals surface area (Å²) in [5.74, 6) is -1.90. The maximum absolute atomic E-state index is 12.1. The Hall–Kier alpha value is -1.79. The number of amides is 3. The smallest absolute Gasteiger partial charge is 0.326 e. The van der Waals surface area contributed by atoms with Crippen molar-refractivity contribution in [1.29, 1.82) is 0 Å². The molecule has 0 bridgehead atoms. The van der Waals surface area contributed by atoms with Crippen molar-refractivity contribution in [3.8, 4) is 0 Å². The Bertz CT molecular complexity index is 347. The van der Waals surface area contributed by atoms with Crippen LogP contribution >= 0.6 is 0 Å². The molecule has 7 heteroatoms. The SMILES string of the molecule is CCCCN(CC(N)=O)C(=O)N[C@H](C(=O)O)[C@@H](C)CC. The van der Waals surface area contributed by atoms with Crippen LogP contribution < -0.4 is 11.1 Å². The van der Waals surface area contributed by atoms with E-state index in [0.717, 1.165) is 12.8 Å². The summed E-state index contributed by atoms with van der Waals surface area (Å²) in [4.78, 5) is 35.5. The molecule has 0 radical (unpaired) electrons. The molecule has 0 aliphatic rings. The molecule has 0 aliphatic carbocycles. The summed E-state index contributed by atoms with van der Waals surface area (Å²) >= 11 is 0. The second kappa shape index (κ2) is 9.17. The third-order valence-electron chi connectivity index (χ3n) is 3.17. The van der Waals surface area contributed by atoms with Gasteiger partial charge in [-0.1, -0.05) is 33.6 Å². The van der Waals surface area contributed by atoms with Gasteiger partial charge in [0, 0.05) is 6.54 Å². The second-order valence-electron chi connectivity index (χ2n) is 4.89. The van der Waals surface area contributed by atoms with E-state index in [1.54, 1.807) is 6.92 Å². The molecule has 0 heterocycles. The minimum Gasteiger partial charge on any atom is -0.480 e. The second-order valence-corrected chi connectivity index (χ2v) is 4.89. The molecule has 116 valence electrons. The summed E-state index contributed by atoms with van der Waals surface area (Å²) in [7, 11) is 0. The van der Waals surface area contributed by atoms with Gasteiger partial charge in [0.15, 0.2) is 0 Å². The number of urea groups is 1. The van der Waals surface area contributed by atoms with E-state index < -0.39 is 23.9 Å². The third kappa shape index (κ3) is 6.40. The molecule has 0 saturated heterocycles. The Labute approximate surface area is 119 Å². The van der Waals surface area contributed by atoms with E-state index in [9.17, 15) is 14.4 Å². The molecule has 0 spiro atoms. The lowest BCUT2D eigenvalue weighted by molar-refractivity contribution is -0.140. The number of nitrogens with zero attached hydrogens (tertiary/aromatic N) is 1. The minimum absolute atomic E-state index is 0.196. The van der Waals surface area contributed by atoms with Crippen LogP contribution in [0.5, 0.6) is 0 Å². The highest BCUT2D eigenvalue weighted by Gasteiger charge is 2.27. The van der Waals surface area contributed by atoms with Crippen molar-refractivity contribution >= 4 is 17.9 Å². The highest BCUT2D eigenvalue weighted by Crippen LogP contribution is 2.09. The Morgan fingerprint density at radius 2 is 1.90 bits per heavy atom. The maximum Gasteiger partial charge on any atom is 0.326 e. The Balaban J connectivity index is 4.77. The zero-order valence-corrected chi connectivity index (χ0v) is 12.4. The van der Waals surface area contributed by atoms with Crippen molar-refractivity contribution in [1.82, 2.24) is 10.2 Å². The molecular formula is C13H25N3O4. The van der Waals surface area contributed by atoms with E-state index in [0.29, 0.717) is 13.0 Å². The number of unbranched alkanes of at least 4 members (excludes halogenated alkanes) is 1. The molecule has 0 fully saturated rings. The van der Waals surface area contributed by atoms with Gasteiger partial charge in [-0.05, 0) is 12.3 Å². The normalized spacial score (nSPS) is 13.3. The Morgan fingerprint density at radius 3 is 2.30 bits per heavy atom. The van der Waals surface area contributed by atoms with Crippen LogP contribution in [-0.2, 0) is 9.59 Å². The first-order chi connectivity index (χ1) is 9.33. The quantitative estimate of drug-likeness (QED) is 0.581. The average molecular weight is 287 g/mol. The average Bonchev–Trinajstić information content (AvgIpc) is 2.38. The van der Waals surface area contributed by atoms with Crippen molar-refractivity contribution in [2.75, 3.05) is 13.1 Å². The molecule has 0 aliphatic heterocycles. The predicted octanol–water partition coefficient (Wildman–Crippen LogP) is 0.783. The number of aliphatic carboxylic acids is 1. The van der Waals surface area contributed by atoms with Crippen LogP contribution in [0.1, 0.15) is 40.0 Å². The van der Waals surface area contributed by atoms with Gasteiger partial charge in [0.05, 0.1) is 0 Å². The summed E-state index contributed by atoms with van der Waals surface area (Å²) in [6.07, 6.45) is 2.21. The first-order valence-electron chi connectivity index (χ1n) is 6.89. The van der Waals surface area contributed by atoms with Gasteiger partial charge in [-0.3, -0.25) is 4.79 Å². The largest absolute Gasteiger partial charge is 0.480 e. The number of carboxylic acid groups (broad SMARTS) is 1. The fraction of sp³-hybridized carbons (Fsp3) is 0.769. The zero-order valence-electron chi connectivity index (χ0n) is 12.4. The summed E-state index contributed by atoms with van der Waals surface area (Å²) in [5.41, 5.74) is 5.10. The summed E-state index contributed by atoms with van der Waals surface area (Å²) in [5, 5.41) is 11.6. The van der Waals surface area contributed by atoms with Gasteiger partial charge < -0.3 is 21.1 Å². The topological polar surface area (TPSA) is 113 Å². The summed E-state index contributed by atoms with van der Waals surface area (Å²) < 4.78 is 0. The van der Waals surface area contributed by atoms with E-state index in [1.807, 2.05) is 13.8 Å². The van der Waals surface area contributed by atoms with Gasteiger partial charge in [-0.2, -0.15) is 0 Å². The number of hydrogen-bond donors (Lipinski definition) is 3. The van der Waals surface area contributed by atoms with Crippen LogP contribution in [0.25, 0.3) is 0 Å². The van der Waals surface area contributed by atoms with E-state index in [1.165, 1.54) is 4.90 Å². The molecule has 0 aromatic rings. The van der Waals surface area contributed by atoms with Crippen LogP contribution in [-0.4, -0.2) is 47.0 Å². The van der Waals surface area contributed by atoms with E-state index in [4.69, 9.17) is 10.8 Å². The van der Waals surface area contributed by atoms with Crippen molar-refractivity contribution < 1.29 is 19.5 Å². The molecular weight excluding hydrogens is 262 g/mol. The molecule has 2 atom stereocenters. The number of carbonyl (C=O) groups is 3. The number of carbonyl (C=O) groups excluding carboxylic acids is 2. The molecule has 0 aromatic heterocycles. The summed E-state index contributed by atoms with van der Waals surface area (Å²) in [6.45, 7) is 5.73. The van der Waals surface area contributed by atoms with Gasteiger partial charge in [-0.15, -0.1) is 0 Å². The molecule has 3 amide bonds. The number of nitrogens with two attached hydrogens (primary N) is 1. The monoisotopic (exact) mass is 287 g/mol. The molecule has 0 aromatic carbocycles. The number of hydrogen-bond acceptors (Lipinski definition) is 3. The first-order valence-corrected chi connectivity index (χ1v) is 6.89. The van der Waals surface area contributed by atoms with Crippen LogP contribution in [0.3, 0.4) is 0 Å². The van der Waals surface area contributed by atoms with Crippen LogP contribution in [0.2, 0.25) is 0 Å². The van der Waals surface area contributed by atoms with Crippen LogP contribution in [0.15, 0.2) is 0 Å². The van der Waals surface area contributed by atoms with Gasteiger partial charge in [0.25, 0.3) is 0 Å². The standard InChI is InChI=1S/C13H25N3O4/c1-4-6-7-16(8-10(14)17)13(20)15-11(12(18)19)9(3)5-2/h9,11H,4-8H2,1-3H3,(H2,14,17)(H,15,20)(H,18,19)/t9-,11-/m0/s1. The highest BCUT2D eigenvalue weighted by molar-refractivity contribution is 5.86. The number of nitrogens with one attached hydrogen (secondary N) is 1. The zero-order chi connectivity index (χ0) is 15.7. The van der Waals surface area contributed by atoms with Crippen molar-refractivity contribution in [3.63, 3.8) is 0 Å². The Kier molecular flexibility index (Phi) is 8.35. The van der Waals surface area contributed by atoms with Crippen molar-refractivity contribution in [2.24, 2.45) is 11.7 Å². The van der Waals surface area contributed by atoms with Crippen LogP contribution in [0.4, 0.5) is 4.79 Å². The molecule has 4 N–H and O–H groups in total. The van der Waals surface area contributed by atoms with E-state index in [-0.39, 0.29) is 12.5 Å². The number of rotatable bonds is 9. The van der Waals surface area contributed by atoms with Gasteiger partial charge in [0.2, 0.25) is 5.91 Å². The highest BCUT2D eigenvalue weighted by atomic mass is 16.4. The molecule has 0 rings (SSSR count). The van der Waals surface area contributed by atoms with Gasteiger partial charge in [-0.25, -0.2) is 9.59 Å². The van der Waals surface area contributed by atoms with Crippen molar-refractivity contribution in [3.05, 3.63) is 0 Å². The van der Waals surface area contributed by atoms with E-state index >= 15 is 0 Å². The molecule has 7 nitrogen and oxygen atoms in total. The molecule has 0 saturated carbocycles. The number of carboxylic acids is 1. The van der Waals surface area contributed by atoms with E-state index in [2.05, 4.69) is 5.32 Å². The Morgan fingerprint density at radius 1 is 1.30 bits per heavy atom. The molecule has 0 unspecified atom stereocenters. The lowest BCUT2D eigenvalue weighted by Gasteiger charge is -2.26. The lowest BCUT2D eigenvalue weighted by Crippen LogP contribution is -2.52. The fourth-order valence-corrected chi connectivity index (χ4v) is 1.70. The maximum atomic E-state index is 12.1. The van der Waals surface area contributed by atoms with Gasteiger partial charge >= 0.3 is 12.0 Å². The third-order valence-corrected chi connectivity index (χ3v) is 3.17. The van der Waals surface area contributed by atoms with Gasteiger partial charge in [0.1, 0.15) is 12.6 Å². The molecule has 20 heavy (non-hydrogen) atoms.